The molecule has 2 aromatic carbocycles. The van der Waals surface area contributed by atoms with Crippen molar-refractivity contribution in [3.05, 3.63) is 71.6 Å². The molecule has 3 amide bonds. The topological polar surface area (TPSA) is 88.9 Å². The molecule has 1 aliphatic rings. The third-order valence-corrected chi connectivity index (χ3v) is 5.53. The Labute approximate surface area is 174 Å². The van der Waals surface area contributed by atoms with Crippen molar-refractivity contribution in [2.24, 2.45) is 0 Å². The molecular weight excluding hydrogens is 412 g/mol. The van der Waals surface area contributed by atoms with Gasteiger partial charge in [-0.05, 0) is 35.9 Å². The molecule has 0 saturated carbocycles. The molecule has 0 spiro atoms. The number of aromatic nitrogens is 3. The molecule has 2 N–H and O–H groups in total. The van der Waals surface area contributed by atoms with Crippen molar-refractivity contribution < 1.29 is 18.4 Å². The number of imide groups is 1. The minimum absolute atomic E-state index is 0.111. The molecule has 7 nitrogen and oxygen atoms in total. The Hall–Kier alpha value is -3.27. The Morgan fingerprint density at radius 2 is 1.83 bits per heavy atom. The number of amides is 3. The smallest absolute Gasteiger partial charge is 0.321 e. The summed E-state index contributed by atoms with van der Waals surface area (Å²) in [4.78, 5) is 23.3. The number of benzene rings is 2. The van der Waals surface area contributed by atoms with Crippen molar-refractivity contribution >= 4 is 23.7 Å². The molecule has 0 radical (unpaired) electrons. The molecule has 1 saturated heterocycles. The summed E-state index contributed by atoms with van der Waals surface area (Å²) >= 11 is 1.29. The van der Waals surface area contributed by atoms with Crippen LogP contribution in [-0.4, -0.2) is 32.7 Å². The number of hydrogen-bond acceptors (Lipinski definition) is 5. The molecule has 3 aromatic rings. The monoisotopic (exact) mass is 429 g/mol. The molecule has 2 heterocycles. The number of nitrogens with one attached hydrogen (secondary N) is 2. The van der Waals surface area contributed by atoms with E-state index in [0.29, 0.717) is 28.0 Å². The van der Waals surface area contributed by atoms with Gasteiger partial charge in [0.25, 0.3) is 0 Å². The van der Waals surface area contributed by atoms with Crippen LogP contribution in [0.1, 0.15) is 17.8 Å². The third kappa shape index (κ3) is 4.48. The van der Waals surface area contributed by atoms with Crippen molar-refractivity contribution in [3.8, 4) is 5.69 Å². The van der Waals surface area contributed by atoms with E-state index in [1.54, 1.807) is 34.9 Å². The van der Waals surface area contributed by atoms with Gasteiger partial charge < -0.3 is 5.32 Å². The second-order valence-electron chi connectivity index (χ2n) is 6.72. The van der Waals surface area contributed by atoms with Gasteiger partial charge in [0.1, 0.15) is 17.5 Å². The van der Waals surface area contributed by atoms with Gasteiger partial charge in [0.2, 0.25) is 5.91 Å². The second-order valence-corrected chi connectivity index (χ2v) is 7.66. The minimum Gasteiger partial charge on any atom is -0.334 e. The average molecular weight is 429 g/mol. The van der Waals surface area contributed by atoms with Crippen molar-refractivity contribution in [1.82, 2.24) is 25.4 Å². The molecule has 1 aromatic heterocycles. The quantitative estimate of drug-likeness (QED) is 0.588. The molecule has 0 bridgehead atoms. The average Bonchev–Trinajstić information content (AvgIpc) is 3.09. The Balaban J connectivity index is 1.63. The summed E-state index contributed by atoms with van der Waals surface area (Å²) < 4.78 is 29.1. The molecule has 30 heavy (non-hydrogen) atoms. The number of nitrogens with zero attached hydrogens (tertiary/aromatic N) is 3. The van der Waals surface area contributed by atoms with E-state index in [1.807, 2.05) is 0 Å². The minimum atomic E-state index is -0.557. The highest BCUT2D eigenvalue weighted by Gasteiger charge is 2.26. The van der Waals surface area contributed by atoms with Crippen LogP contribution in [0.15, 0.2) is 53.7 Å². The largest absolute Gasteiger partial charge is 0.334 e. The van der Waals surface area contributed by atoms with E-state index in [1.165, 1.54) is 30.0 Å². The van der Waals surface area contributed by atoms with Crippen LogP contribution in [0.4, 0.5) is 13.6 Å². The lowest BCUT2D eigenvalue weighted by Crippen LogP contribution is -2.53. The molecule has 1 unspecified atom stereocenters. The molecule has 1 fully saturated rings. The molecular formula is C20H17F2N5O2S. The third-order valence-electron chi connectivity index (χ3n) is 4.55. The number of carbonyl (C=O) groups is 2. The molecule has 1 atom stereocenters. The second kappa shape index (κ2) is 8.62. The maximum absolute atomic E-state index is 14.0. The molecule has 0 aliphatic carbocycles. The zero-order valence-corrected chi connectivity index (χ0v) is 16.5. The lowest BCUT2D eigenvalue weighted by molar-refractivity contribution is -0.121. The molecule has 1 aliphatic heterocycles. The van der Waals surface area contributed by atoms with Gasteiger partial charge in [-0.3, -0.25) is 14.7 Å². The maximum Gasteiger partial charge on any atom is 0.321 e. The predicted molar refractivity (Wildman–Crippen MR) is 106 cm³/mol. The molecule has 154 valence electrons. The number of rotatable bonds is 6. The Kier molecular flexibility index (Phi) is 5.75. The Morgan fingerprint density at radius 3 is 2.57 bits per heavy atom. The first-order valence-corrected chi connectivity index (χ1v) is 10.1. The lowest BCUT2D eigenvalue weighted by Gasteiger charge is -2.23. The van der Waals surface area contributed by atoms with Crippen molar-refractivity contribution in [1.29, 1.82) is 0 Å². The van der Waals surface area contributed by atoms with Gasteiger partial charge in [-0.1, -0.05) is 30.0 Å². The Bertz CT molecular complexity index is 1070. The fourth-order valence-electron chi connectivity index (χ4n) is 3.15. The van der Waals surface area contributed by atoms with Crippen molar-refractivity contribution in [3.63, 3.8) is 0 Å². The van der Waals surface area contributed by atoms with Crippen LogP contribution in [0.25, 0.3) is 5.69 Å². The van der Waals surface area contributed by atoms with E-state index in [-0.39, 0.29) is 30.4 Å². The van der Waals surface area contributed by atoms with Gasteiger partial charge in [0.15, 0.2) is 5.16 Å². The fraction of sp³-hybridized carbons (Fsp3) is 0.200. The summed E-state index contributed by atoms with van der Waals surface area (Å²) in [5.74, 6) is -0.239. The van der Waals surface area contributed by atoms with E-state index in [9.17, 15) is 18.4 Å². The number of hydrogen-bond donors (Lipinski definition) is 2. The first-order chi connectivity index (χ1) is 14.5. The predicted octanol–water partition coefficient (Wildman–Crippen LogP) is 2.98. The van der Waals surface area contributed by atoms with Crippen molar-refractivity contribution in [2.75, 3.05) is 0 Å². The van der Waals surface area contributed by atoms with Gasteiger partial charge in [-0.25, -0.2) is 13.6 Å². The van der Waals surface area contributed by atoms with Gasteiger partial charge in [0, 0.05) is 30.3 Å². The number of halogens is 2. The van der Waals surface area contributed by atoms with E-state index in [4.69, 9.17) is 0 Å². The van der Waals surface area contributed by atoms with Gasteiger partial charge in [0.05, 0.1) is 0 Å². The first kappa shape index (κ1) is 20.0. The standard InChI is InChI=1S/C20H17F2N5O2S/c21-13-5-7-15(8-6-13)27-17(9-14-10-18(28)24-19(29)23-14)25-26-20(27)30-11-12-3-1-2-4-16(12)22/h1-8,14H,9-11H2,(H2,23,24,28,29). The van der Waals surface area contributed by atoms with E-state index < -0.39 is 12.1 Å². The van der Waals surface area contributed by atoms with Crippen LogP contribution in [0, 0.1) is 11.6 Å². The fourth-order valence-corrected chi connectivity index (χ4v) is 4.11. The highest BCUT2D eigenvalue weighted by molar-refractivity contribution is 7.98. The van der Waals surface area contributed by atoms with Crippen LogP contribution < -0.4 is 10.6 Å². The summed E-state index contributed by atoms with van der Waals surface area (Å²) in [7, 11) is 0. The summed E-state index contributed by atoms with van der Waals surface area (Å²) in [5.41, 5.74) is 1.15. The number of thioether (sulfide) groups is 1. The van der Waals surface area contributed by atoms with Gasteiger partial charge >= 0.3 is 6.03 Å². The maximum atomic E-state index is 14.0. The number of urea groups is 1. The normalized spacial score (nSPS) is 16.3. The summed E-state index contributed by atoms with van der Waals surface area (Å²) in [6, 6.07) is 11.3. The highest BCUT2D eigenvalue weighted by atomic mass is 32.2. The van der Waals surface area contributed by atoms with Crippen LogP contribution in [0.3, 0.4) is 0 Å². The zero-order chi connectivity index (χ0) is 21.1. The van der Waals surface area contributed by atoms with Crippen LogP contribution in [-0.2, 0) is 17.0 Å². The van der Waals surface area contributed by atoms with Gasteiger partial charge in [-0.2, -0.15) is 0 Å². The first-order valence-electron chi connectivity index (χ1n) is 9.16. The molecule has 10 heteroatoms. The highest BCUT2D eigenvalue weighted by Crippen LogP contribution is 2.27. The van der Waals surface area contributed by atoms with E-state index >= 15 is 0 Å². The molecule has 4 rings (SSSR count). The summed E-state index contributed by atoms with van der Waals surface area (Å²) in [5, 5.41) is 13.8. The van der Waals surface area contributed by atoms with E-state index in [0.717, 1.165) is 0 Å². The van der Waals surface area contributed by atoms with Crippen molar-refractivity contribution in [2.45, 2.75) is 29.8 Å². The lowest BCUT2D eigenvalue weighted by atomic mass is 10.1. The van der Waals surface area contributed by atoms with Gasteiger partial charge in [-0.15, -0.1) is 10.2 Å². The van der Waals surface area contributed by atoms with E-state index in [2.05, 4.69) is 20.8 Å². The van der Waals surface area contributed by atoms with Crippen LogP contribution in [0.5, 0.6) is 0 Å². The van der Waals surface area contributed by atoms with Crippen LogP contribution >= 0.6 is 11.8 Å². The zero-order valence-electron chi connectivity index (χ0n) is 15.6. The number of carbonyl (C=O) groups excluding carboxylic acids is 2. The summed E-state index contributed by atoms with van der Waals surface area (Å²) in [6.45, 7) is 0. The Morgan fingerprint density at radius 1 is 1.07 bits per heavy atom. The van der Waals surface area contributed by atoms with Crippen LogP contribution in [0.2, 0.25) is 0 Å². The summed E-state index contributed by atoms with van der Waals surface area (Å²) in [6.07, 6.45) is 0.365. The SMILES string of the molecule is O=C1CC(Cc2nnc(SCc3ccccc3F)n2-c2ccc(F)cc2)NC(=O)N1.